The van der Waals surface area contributed by atoms with Gasteiger partial charge in [0.1, 0.15) is 17.1 Å². The van der Waals surface area contributed by atoms with Gasteiger partial charge in [-0.3, -0.25) is 0 Å². The fourth-order valence-electron chi connectivity index (χ4n) is 2.32. The highest BCUT2D eigenvalue weighted by molar-refractivity contribution is 7.98. The fraction of sp³-hybridized carbons (Fsp3) is 0.312. The highest BCUT2D eigenvalue weighted by atomic mass is 32.2. The molecule has 0 saturated heterocycles. The second kappa shape index (κ2) is 6.33. The molecule has 0 atom stereocenters. The molecule has 0 aliphatic heterocycles. The van der Waals surface area contributed by atoms with Gasteiger partial charge in [0.25, 0.3) is 0 Å². The molecular weight excluding hydrogens is 328 g/mol. The van der Waals surface area contributed by atoms with Crippen LogP contribution < -0.4 is 4.74 Å². The predicted molar refractivity (Wildman–Crippen MR) is 92.0 cm³/mol. The summed E-state index contributed by atoms with van der Waals surface area (Å²) in [6.45, 7) is 0. The third-order valence-corrected chi connectivity index (χ3v) is 5.65. The number of rotatable bonds is 6. The Hall–Kier alpha value is -1.86. The molecule has 2 heterocycles. The lowest BCUT2D eigenvalue weighted by atomic mass is 10.2. The topological polar surface area (TPSA) is 52.8 Å². The van der Waals surface area contributed by atoms with Crippen LogP contribution in [0.25, 0.3) is 10.6 Å². The summed E-state index contributed by atoms with van der Waals surface area (Å²) < 4.78 is 7.37. The van der Waals surface area contributed by atoms with Crippen LogP contribution in [0, 0.1) is 0 Å². The third kappa shape index (κ3) is 3.25. The molecule has 118 valence electrons. The highest BCUT2D eigenvalue weighted by Crippen LogP contribution is 2.38. The number of methoxy groups -OCH3 is 1. The van der Waals surface area contributed by atoms with E-state index in [0.717, 1.165) is 32.9 Å². The Bertz CT molecular complexity index is 793. The maximum absolute atomic E-state index is 5.19. The second-order valence-corrected chi connectivity index (χ2v) is 7.21. The molecule has 1 fully saturated rings. The molecule has 0 spiro atoms. The monoisotopic (exact) mass is 344 g/mol. The van der Waals surface area contributed by atoms with E-state index in [2.05, 4.69) is 20.1 Å². The molecule has 23 heavy (non-hydrogen) atoms. The van der Waals surface area contributed by atoms with E-state index in [1.54, 1.807) is 30.2 Å². The lowest BCUT2D eigenvalue weighted by molar-refractivity contribution is 0.415. The fourth-order valence-corrected chi connectivity index (χ4v) is 4.12. The van der Waals surface area contributed by atoms with E-state index in [9.17, 15) is 0 Å². The summed E-state index contributed by atoms with van der Waals surface area (Å²) in [6, 6.07) is 8.61. The molecule has 1 saturated carbocycles. The minimum Gasteiger partial charge on any atom is -0.497 e. The molecule has 0 radical (unpaired) electrons. The number of hydrogen-bond acceptors (Lipinski definition) is 6. The third-order valence-electron chi connectivity index (χ3n) is 3.72. The summed E-state index contributed by atoms with van der Waals surface area (Å²) in [4.78, 5) is 4.73. The van der Waals surface area contributed by atoms with Crippen molar-refractivity contribution in [2.75, 3.05) is 7.11 Å². The summed E-state index contributed by atoms with van der Waals surface area (Å²) in [6.07, 6.45) is 4.32. The van der Waals surface area contributed by atoms with Crippen molar-refractivity contribution in [2.24, 2.45) is 0 Å². The number of nitrogens with zero attached hydrogens (tertiary/aromatic N) is 4. The summed E-state index contributed by atoms with van der Waals surface area (Å²) >= 11 is 3.37. The maximum Gasteiger partial charge on any atom is 0.191 e. The molecular formula is C16H16N4OS2. The van der Waals surface area contributed by atoms with Crippen molar-refractivity contribution in [2.45, 2.75) is 29.8 Å². The minimum atomic E-state index is 0.609. The minimum absolute atomic E-state index is 0.609. The van der Waals surface area contributed by atoms with Gasteiger partial charge in [0.2, 0.25) is 0 Å². The largest absolute Gasteiger partial charge is 0.497 e. The van der Waals surface area contributed by atoms with Gasteiger partial charge in [-0.15, -0.1) is 21.5 Å². The molecule has 0 bridgehead atoms. The van der Waals surface area contributed by atoms with Crippen LogP contribution in [0.5, 0.6) is 5.75 Å². The number of benzene rings is 1. The van der Waals surface area contributed by atoms with Crippen LogP contribution in [-0.2, 0) is 5.75 Å². The Labute approximate surface area is 142 Å². The first-order valence-electron chi connectivity index (χ1n) is 7.44. The molecule has 0 unspecified atom stereocenters. The van der Waals surface area contributed by atoms with Gasteiger partial charge in [0, 0.05) is 22.7 Å². The van der Waals surface area contributed by atoms with E-state index in [1.807, 2.05) is 30.6 Å². The van der Waals surface area contributed by atoms with Gasteiger partial charge in [0.15, 0.2) is 5.16 Å². The second-order valence-electron chi connectivity index (χ2n) is 5.41. The van der Waals surface area contributed by atoms with E-state index in [1.165, 1.54) is 12.8 Å². The van der Waals surface area contributed by atoms with E-state index in [0.29, 0.717) is 6.04 Å². The van der Waals surface area contributed by atoms with Crippen molar-refractivity contribution >= 4 is 23.1 Å². The first kappa shape index (κ1) is 14.7. The standard InChI is InChI=1S/C16H16N4OS2/c1-21-14-6-2-11(3-7-14)15-18-12(8-22-15)9-23-16-19-17-10-20(16)13-4-5-13/h2-3,6-8,10,13H,4-5,9H2,1H3. The van der Waals surface area contributed by atoms with Crippen molar-refractivity contribution < 1.29 is 4.74 Å². The molecule has 0 N–H and O–H groups in total. The van der Waals surface area contributed by atoms with Gasteiger partial charge in [-0.25, -0.2) is 4.98 Å². The summed E-state index contributed by atoms with van der Waals surface area (Å²) in [5.41, 5.74) is 2.20. The average Bonchev–Trinajstić information content (AvgIpc) is 3.14. The predicted octanol–water partition coefficient (Wildman–Crippen LogP) is 4.04. The van der Waals surface area contributed by atoms with Gasteiger partial charge in [-0.2, -0.15) is 0 Å². The Kier molecular flexibility index (Phi) is 4.05. The molecule has 1 aliphatic carbocycles. The van der Waals surface area contributed by atoms with Gasteiger partial charge in [-0.1, -0.05) is 11.8 Å². The molecule has 5 nitrogen and oxygen atoms in total. The molecule has 1 aliphatic rings. The van der Waals surface area contributed by atoms with Gasteiger partial charge in [0.05, 0.1) is 12.8 Å². The molecule has 1 aromatic carbocycles. The molecule has 2 aromatic heterocycles. The van der Waals surface area contributed by atoms with Crippen molar-refractivity contribution in [3.05, 3.63) is 41.7 Å². The van der Waals surface area contributed by atoms with Crippen LogP contribution in [0.2, 0.25) is 0 Å². The van der Waals surface area contributed by atoms with Crippen molar-refractivity contribution in [3.8, 4) is 16.3 Å². The number of hydrogen-bond donors (Lipinski definition) is 0. The quantitative estimate of drug-likeness (QED) is 0.632. The Balaban J connectivity index is 1.44. The smallest absolute Gasteiger partial charge is 0.191 e. The molecule has 3 aromatic rings. The molecule has 0 amide bonds. The zero-order chi connectivity index (χ0) is 15.6. The lowest BCUT2D eigenvalue weighted by Gasteiger charge is -2.02. The summed E-state index contributed by atoms with van der Waals surface area (Å²) in [5, 5.41) is 12.4. The zero-order valence-corrected chi connectivity index (χ0v) is 14.3. The van der Waals surface area contributed by atoms with Crippen LogP contribution in [0.3, 0.4) is 0 Å². The van der Waals surface area contributed by atoms with E-state index in [-0.39, 0.29) is 0 Å². The first-order chi connectivity index (χ1) is 11.3. The molecule has 4 rings (SSSR count). The number of thioether (sulfide) groups is 1. The van der Waals surface area contributed by atoms with E-state index >= 15 is 0 Å². The van der Waals surface area contributed by atoms with Crippen LogP contribution in [-0.4, -0.2) is 26.9 Å². The van der Waals surface area contributed by atoms with Gasteiger partial charge < -0.3 is 9.30 Å². The van der Waals surface area contributed by atoms with Crippen molar-refractivity contribution in [1.29, 1.82) is 0 Å². The van der Waals surface area contributed by atoms with Gasteiger partial charge in [-0.05, 0) is 37.1 Å². The molecule has 7 heteroatoms. The van der Waals surface area contributed by atoms with Crippen LogP contribution >= 0.6 is 23.1 Å². The Morgan fingerprint density at radius 2 is 2.13 bits per heavy atom. The summed E-state index contributed by atoms with van der Waals surface area (Å²) in [7, 11) is 1.67. The van der Waals surface area contributed by atoms with Crippen molar-refractivity contribution in [3.63, 3.8) is 0 Å². The number of ether oxygens (including phenoxy) is 1. The van der Waals surface area contributed by atoms with E-state index in [4.69, 9.17) is 9.72 Å². The Morgan fingerprint density at radius 3 is 2.87 bits per heavy atom. The Morgan fingerprint density at radius 1 is 1.30 bits per heavy atom. The average molecular weight is 344 g/mol. The van der Waals surface area contributed by atoms with Crippen LogP contribution in [0.15, 0.2) is 41.1 Å². The van der Waals surface area contributed by atoms with Gasteiger partial charge >= 0.3 is 0 Å². The van der Waals surface area contributed by atoms with E-state index < -0.39 is 0 Å². The lowest BCUT2D eigenvalue weighted by Crippen LogP contribution is -1.94. The van der Waals surface area contributed by atoms with Crippen LogP contribution in [0.4, 0.5) is 0 Å². The maximum atomic E-state index is 5.19. The highest BCUT2D eigenvalue weighted by Gasteiger charge is 2.26. The first-order valence-corrected chi connectivity index (χ1v) is 9.31. The zero-order valence-electron chi connectivity index (χ0n) is 12.7. The SMILES string of the molecule is COc1ccc(-c2nc(CSc3nncn3C3CC3)cs2)cc1. The normalized spacial score (nSPS) is 14.1. The summed E-state index contributed by atoms with van der Waals surface area (Å²) in [5.74, 6) is 1.68. The van der Waals surface area contributed by atoms with Crippen LogP contribution in [0.1, 0.15) is 24.6 Å². The number of thiazole rings is 1. The number of aromatic nitrogens is 4. The van der Waals surface area contributed by atoms with Crippen molar-refractivity contribution in [1.82, 2.24) is 19.7 Å².